The lowest BCUT2D eigenvalue weighted by molar-refractivity contribution is -0.111. The molecule has 33 heavy (non-hydrogen) atoms. The number of amides is 1. The predicted molar refractivity (Wildman–Crippen MR) is 135 cm³/mol. The van der Waals surface area contributed by atoms with Crippen LogP contribution in [-0.4, -0.2) is 25.1 Å². The molecule has 6 heteroatoms. The first-order valence-electron chi connectivity index (χ1n) is 11.1. The number of thiophene rings is 1. The Morgan fingerprint density at radius 2 is 1.82 bits per heavy atom. The molecule has 0 aliphatic rings. The zero-order chi connectivity index (χ0) is 23.6. The van der Waals surface area contributed by atoms with E-state index in [4.69, 9.17) is 9.47 Å². The van der Waals surface area contributed by atoms with E-state index in [1.807, 2.05) is 60.8 Å². The number of nitrogens with one attached hydrogen (secondary N) is 1. The highest BCUT2D eigenvalue weighted by atomic mass is 32.1. The first-order valence-corrected chi connectivity index (χ1v) is 12.0. The van der Waals surface area contributed by atoms with Gasteiger partial charge in [-0.1, -0.05) is 61.4 Å². The van der Waals surface area contributed by atoms with Gasteiger partial charge in [0.2, 0.25) is 5.91 Å². The van der Waals surface area contributed by atoms with E-state index in [-0.39, 0.29) is 12.5 Å². The van der Waals surface area contributed by atoms with Crippen molar-refractivity contribution >= 4 is 34.3 Å². The van der Waals surface area contributed by atoms with Crippen LogP contribution < -0.4 is 10.1 Å². The maximum atomic E-state index is 12.7. The van der Waals surface area contributed by atoms with Crippen LogP contribution in [0.2, 0.25) is 0 Å². The molecule has 0 fully saturated rings. The summed E-state index contributed by atoms with van der Waals surface area (Å²) in [5.41, 5.74) is 3.96. The molecule has 1 heterocycles. The van der Waals surface area contributed by atoms with Crippen LogP contribution in [0.5, 0.6) is 5.75 Å². The zero-order valence-electron chi connectivity index (χ0n) is 19.2. The van der Waals surface area contributed by atoms with Gasteiger partial charge >= 0.3 is 5.97 Å². The number of aryl methyl sites for hydroxylation is 1. The molecule has 0 spiro atoms. The quantitative estimate of drug-likeness (QED) is 0.206. The highest BCUT2D eigenvalue weighted by Crippen LogP contribution is 2.36. The molecular formula is C27H29NO4S. The molecule has 172 valence electrons. The fourth-order valence-electron chi connectivity index (χ4n) is 3.20. The van der Waals surface area contributed by atoms with Crippen molar-refractivity contribution in [1.29, 1.82) is 0 Å². The molecule has 0 aliphatic heterocycles. The molecule has 0 saturated heterocycles. The van der Waals surface area contributed by atoms with E-state index in [0.717, 1.165) is 40.8 Å². The number of rotatable bonds is 10. The first-order chi connectivity index (χ1) is 16.0. The Morgan fingerprint density at radius 3 is 2.55 bits per heavy atom. The average molecular weight is 464 g/mol. The van der Waals surface area contributed by atoms with Crippen molar-refractivity contribution in [3.05, 3.63) is 76.7 Å². The molecule has 3 aromatic rings. The van der Waals surface area contributed by atoms with Crippen LogP contribution in [0.15, 0.2) is 60.0 Å². The van der Waals surface area contributed by atoms with Crippen LogP contribution in [0.4, 0.5) is 5.00 Å². The van der Waals surface area contributed by atoms with Gasteiger partial charge in [-0.25, -0.2) is 4.79 Å². The lowest BCUT2D eigenvalue weighted by Crippen LogP contribution is -2.12. The fraction of sp³-hybridized carbons (Fsp3) is 0.259. The normalized spacial score (nSPS) is 10.9. The number of hydrogen-bond acceptors (Lipinski definition) is 5. The molecule has 1 N–H and O–H groups in total. The lowest BCUT2D eigenvalue weighted by atomic mass is 10.0. The standard InChI is InChI=1S/C27H29NO4S/c1-4-6-17-32-23-10-8-7-9-21(23)15-16-24(29)28-26-25(27(30)31-5-2)22(18-33-26)20-13-11-19(3)12-14-20/h7-16,18H,4-6,17H2,1-3H3,(H,28,29)/b16-15+. The number of carbonyl (C=O) groups excluding carboxylic acids is 2. The second-order valence-corrected chi connectivity index (χ2v) is 8.38. The van der Waals surface area contributed by atoms with Gasteiger partial charge in [0, 0.05) is 22.6 Å². The summed E-state index contributed by atoms with van der Waals surface area (Å²) in [5, 5.41) is 5.18. The topological polar surface area (TPSA) is 64.6 Å². The average Bonchev–Trinajstić information content (AvgIpc) is 3.22. The minimum Gasteiger partial charge on any atom is -0.493 e. The van der Waals surface area contributed by atoms with E-state index < -0.39 is 5.97 Å². The van der Waals surface area contributed by atoms with Gasteiger partial charge in [0.1, 0.15) is 16.3 Å². The summed E-state index contributed by atoms with van der Waals surface area (Å²) in [7, 11) is 0. The summed E-state index contributed by atoms with van der Waals surface area (Å²) < 4.78 is 11.1. The number of para-hydroxylation sites is 1. The van der Waals surface area contributed by atoms with Gasteiger partial charge in [-0.05, 0) is 38.0 Å². The number of hydrogen-bond donors (Lipinski definition) is 1. The minimum absolute atomic E-state index is 0.254. The van der Waals surface area contributed by atoms with Crippen LogP contribution in [0.25, 0.3) is 17.2 Å². The van der Waals surface area contributed by atoms with Gasteiger partial charge < -0.3 is 14.8 Å². The van der Waals surface area contributed by atoms with Crippen LogP contribution in [0, 0.1) is 6.92 Å². The van der Waals surface area contributed by atoms with Gasteiger partial charge in [0.05, 0.1) is 13.2 Å². The highest BCUT2D eigenvalue weighted by molar-refractivity contribution is 7.15. The number of esters is 1. The molecule has 3 rings (SSSR count). The Hall–Kier alpha value is -3.38. The molecule has 2 aromatic carbocycles. The van der Waals surface area contributed by atoms with Gasteiger partial charge in [0.15, 0.2) is 0 Å². The Balaban J connectivity index is 1.81. The van der Waals surface area contributed by atoms with E-state index in [1.165, 1.54) is 17.4 Å². The van der Waals surface area contributed by atoms with E-state index in [1.54, 1.807) is 13.0 Å². The molecule has 0 radical (unpaired) electrons. The molecular weight excluding hydrogens is 434 g/mol. The molecule has 0 atom stereocenters. The number of ether oxygens (including phenoxy) is 2. The number of unbranched alkanes of at least 4 members (excludes halogenated alkanes) is 1. The SMILES string of the molecule is CCCCOc1ccccc1/C=C/C(=O)Nc1scc(-c2ccc(C)cc2)c1C(=O)OCC. The highest BCUT2D eigenvalue weighted by Gasteiger charge is 2.22. The van der Waals surface area contributed by atoms with Gasteiger partial charge in [-0.2, -0.15) is 0 Å². The Morgan fingerprint density at radius 1 is 1.06 bits per heavy atom. The summed E-state index contributed by atoms with van der Waals surface area (Å²) in [6.07, 6.45) is 5.18. The monoisotopic (exact) mass is 463 g/mol. The molecule has 0 aliphatic carbocycles. The smallest absolute Gasteiger partial charge is 0.341 e. The molecule has 1 amide bonds. The Kier molecular flexibility index (Phi) is 8.84. The van der Waals surface area contributed by atoms with Crippen LogP contribution in [0.3, 0.4) is 0 Å². The summed E-state index contributed by atoms with van der Waals surface area (Å²) in [4.78, 5) is 25.4. The largest absolute Gasteiger partial charge is 0.493 e. The van der Waals surface area contributed by atoms with Crippen LogP contribution in [0.1, 0.15) is 48.2 Å². The van der Waals surface area contributed by atoms with E-state index in [9.17, 15) is 9.59 Å². The molecule has 1 aromatic heterocycles. The third-order valence-corrected chi connectivity index (χ3v) is 5.85. The van der Waals surface area contributed by atoms with Gasteiger partial charge in [0.25, 0.3) is 0 Å². The third kappa shape index (κ3) is 6.56. The van der Waals surface area contributed by atoms with Crippen LogP contribution >= 0.6 is 11.3 Å². The first kappa shape index (κ1) is 24.3. The maximum Gasteiger partial charge on any atom is 0.341 e. The minimum atomic E-state index is -0.455. The molecule has 0 saturated carbocycles. The van der Waals surface area contributed by atoms with Gasteiger partial charge in [-0.3, -0.25) is 4.79 Å². The van der Waals surface area contributed by atoms with E-state index >= 15 is 0 Å². The molecule has 5 nitrogen and oxygen atoms in total. The summed E-state index contributed by atoms with van der Waals surface area (Å²) in [6, 6.07) is 15.5. The van der Waals surface area contributed by atoms with Crippen molar-refractivity contribution in [3.8, 4) is 16.9 Å². The zero-order valence-corrected chi connectivity index (χ0v) is 20.0. The summed E-state index contributed by atoms with van der Waals surface area (Å²) in [6.45, 7) is 6.77. The second kappa shape index (κ2) is 12.0. The van der Waals surface area contributed by atoms with Crippen molar-refractivity contribution < 1.29 is 19.1 Å². The molecule has 0 bridgehead atoms. The van der Waals surface area contributed by atoms with Crippen molar-refractivity contribution in [1.82, 2.24) is 0 Å². The number of benzene rings is 2. The lowest BCUT2D eigenvalue weighted by Gasteiger charge is -2.09. The fourth-order valence-corrected chi connectivity index (χ4v) is 4.16. The summed E-state index contributed by atoms with van der Waals surface area (Å²) in [5.74, 6) is -0.0514. The van der Waals surface area contributed by atoms with E-state index in [2.05, 4.69) is 12.2 Å². The summed E-state index contributed by atoms with van der Waals surface area (Å²) >= 11 is 1.30. The third-order valence-electron chi connectivity index (χ3n) is 4.96. The predicted octanol–water partition coefficient (Wildman–Crippen LogP) is 6.73. The van der Waals surface area contributed by atoms with Crippen LogP contribution in [-0.2, 0) is 9.53 Å². The Bertz CT molecular complexity index is 1120. The van der Waals surface area contributed by atoms with Crippen molar-refractivity contribution in [2.45, 2.75) is 33.6 Å². The van der Waals surface area contributed by atoms with Crippen molar-refractivity contribution in [2.24, 2.45) is 0 Å². The second-order valence-electron chi connectivity index (χ2n) is 7.50. The maximum absolute atomic E-state index is 12.7. The van der Waals surface area contributed by atoms with Gasteiger partial charge in [-0.15, -0.1) is 11.3 Å². The Labute approximate surface area is 199 Å². The van der Waals surface area contributed by atoms with Crippen molar-refractivity contribution in [2.75, 3.05) is 18.5 Å². The van der Waals surface area contributed by atoms with Crippen molar-refractivity contribution in [3.63, 3.8) is 0 Å². The number of carbonyl (C=O) groups is 2. The molecule has 0 unspecified atom stereocenters. The number of anilines is 1. The van der Waals surface area contributed by atoms with E-state index in [0.29, 0.717) is 17.2 Å².